The number of hydrogen-bond donors (Lipinski definition) is 1. The zero-order valence-electron chi connectivity index (χ0n) is 13.3. The Morgan fingerprint density at radius 1 is 1.15 bits per heavy atom. The van der Waals surface area contributed by atoms with Gasteiger partial charge in [0, 0.05) is 40.3 Å². The molecule has 1 heterocycles. The second-order valence-corrected chi connectivity index (χ2v) is 6.73. The van der Waals surface area contributed by atoms with Crippen LogP contribution in [0.3, 0.4) is 0 Å². The van der Waals surface area contributed by atoms with Gasteiger partial charge in [0.15, 0.2) is 0 Å². The first-order chi connectivity index (χ1) is 9.12. The SMILES string of the molecule is CN(C)C(=O)CN1CCN(C(=O)[C@@H](N)C(C)(C)C)CC1. The molecule has 0 saturated carbocycles. The highest BCUT2D eigenvalue weighted by molar-refractivity contribution is 5.82. The minimum atomic E-state index is -0.475. The maximum Gasteiger partial charge on any atom is 0.240 e. The second-order valence-electron chi connectivity index (χ2n) is 6.73. The van der Waals surface area contributed by atoms with Gasteiger partial charge >= 0.3 is 0 Å². The number of nitrogens with zero attached hydrogens (tertiary/aromatic N) is 3. The van der Waals surface area contributed by atoms with E-state index in [1.165, 1.54) is 0 Å². The predicted octanol–water partition coefficient (Wildman–Crippen LogP) is -0.408. The monoisotopic (exact) mass is 284 g/mol. The molecule has 0 aromatic carbocycles. The summed E-state index contributed by atoms with van der Waals surface area (Å²) in [4.78, 5) is 29.4. The van der Waals surface area contributed by atoms with E-state index >= 15 is 0 Å². The van der Waals surface area contributed by atoms with Crippen molar-refractivity contribution in [2.24, 2.45) is 11.1 Å². The molecule has 2 amide bonds. The minimum Gasteiger partial charge on any atom is -0.348 e. The van der Waals surface area contributed by atoms with Crippen LogP contribution < -0.4 is 5.73 Å². The maximum absolute atomic E-state index is 12.3. The van der Waals surface area contributed by atoms with Crippen LogP contribution in [0.15, 0.2) is 0 Å². The van der Waals surface area contributed by atoms with Crippen molar-refractivity contribution < 1.29 is 9.59 Å². The Bertz CT molecular complexity index is 355. The number of carbonyl (C=O) groups excluding carboxylic acids is 2. The van der Waals surface area contributed by atoms with Crippen molar-refractivity contribution in [1.29, 1.82) is 0 Å². The molecule has 1 saturated heterocycles. The van der Waals surface area contributed by atoms with Crippen LogP contribution in [0.1, 0.15) is 20.8 Å². The van der Waals surface area contributed by atoms with Crippen LogP contribution in [0.25, 0.3) is 0 Å². The Morgan fingerprint density at radius 3 is 2.05 bits per heavy atom. The van der Waals surface area contributed by atoms with Gasteiger partial charge in [-0.3, -0.25) is 14.5 Å². The molecule has 0 spiro atoms. The molecule has 0 aromatic heterocycles. The smallest absolute Gasteiger partial charge is 0.240 e. The molecule has 6 nitrogen and oxygen atoms in total. The van der Waals surface area contributed by atoms with Gasteiger partial charge in [-0.2, -0.15) is 0 Å². The van der Waals surface area contributed by atoms with Crippen LogP contribution in [0, 0.1) is 5.41 Å². The summed E-state index contributed by atoms with van der Waals surface area (Å²) >= 11 is 0. The zero-order valence-corrected chi connectivity index (χ0v) is 13.3. The van der Waals surface area contributed by atoms with Gasteiger partial charge in [-0.1, -0.05) is 20.8 Å². The van der Waals surface area contributed by atoms with Crippen molar-refractivity contribution in [3.63, 3.8) is 0 Å². The van der Waals surface area contributed by atoms with Crippen LogP contribution in [-0.4, -0.2) is 79.4 Å². The number of piperazine rings is 1. The number of nitrogens with two attached hydrogens (primary N) is 1. The highest BCUT2D eigenvalue weighted by Gasteiger charge is 2.32. The van der Waals surface area contributed by atoms with E-state index in [1.807, 2.05) is 25.7 Å². The fourth-order valence-electron chi connectivity index (χ4n) is 2.03. The van der Waals surface area contributed by atoms with Gasteiger partial charge in [-0.15, -0.1) is 0 Å². The van der Waals surface area contributed by atoms with Crippen molar-refractivity contribution in [3.8, 4) is 0 Å². The number of likely N-dealkylation sites (N-methyl/N-ethyl adjacent to an activating group) is 1. The van der Waals surface area contributed by atoms with Gasteiger partial charge < -0.3 is 15.5 Å². The van der Waals surface area contributed by atoms with Crippen LogP contribution in [0.2, 0.25) is 0 Å². The molecule has 2 N–H and O–H groups in total. The summed E-state index contributed by atoms with van der Waals surface area (Å²) in [6.07, 6.45) is 0. The van der Waals surface area contributed by atoms with Crippen LogP contribution in [-0.2, 0) is 9.59 Å². The molecule has 0 aliphatic carbocycles. The summed E-state index contributed by atoms with van der Waals surface area (Å²) in [7, 11) is 3.51. The molecule has 1 aliphatic rings. The van der Waals surface area contributed by atoms with Gasteiger partial charge in [0.2, 0.25) is 11.8 Å². The third-order valence-corrected chi connectivity index (χ3v) is 3.74. The topological polar surface area (TPSA) is 69.9 Å². The lowest BCUT2D eigenvalue weighted by molar-refractivity contribution is -0.137. The molecule has 1 rings (SSSR count). The lowest BCUT2D eigenvalue weighted by Crippen LogP contribution is -2.57. The molecule has 1 aliphatic heterocycles. The lowest BCUT2D eigenvalue weighted by atomic mass is 9.86. The van der Waals surface area contributed by atoms with Crippen molar-refractivity contribution in [2.75, 3.05) is 46.8 Å². The van der Waals surface area contributed by atoms with Crippen molar-refractivity contribution >= 4 is 11.8 Å². The first kappa shape index (κ1) is 16.9. The summed E-state index contributed by atoms with van der Waals surface area (Å²) in [6.45, 7) is 9.07. The molecule has 1 atom stereocenters. The van der Waals surface area contributed by atoms with Gasteiger partial charge in [-0.25, -0.2) is 0 Å². The molecule has 0 bridgehead atoms. The summed E-state index contributed by atoms with van der Waals surface area (Å²) in [5, 5.41) is 0. The quantitative estimate of drug-likeness (QED) is 0.765. The van der Waals surface area contributed by atoms with E-state index in [0.717, 1.165) is 13.1 Å². The third-order valence-electron chi connectivity index (χ3n) is 3.74. The average Bonchev–Trinajstić information content (AvgIpc) is 2.36. The summed E-state index contributed by atoms with van der Waals surface area (Å²) in [6, 6.07) is -0.475. The van der Waals surface area contributed by atoms with Gasteiger partial charge in [0.1, 0.15) is 0 Å². The minimum absolute atomic E-state index is 0.0103. The van der Waals surface area contributed by atoms with E-state index in [2.05, 4.69) is 4.90 Å². The maximum atomic E-state index is 12.3. The highest BCUT2D eigenvalue weighted by atomic mass is 16.2. The van der Waals surface area contributed by atoms with Gasteiger partial charge in [-0.05, 0) is 5.41 Å². The molecule has 116 valence electrons. The molecule has 0 aromatic rings. The molecular weight excluding hydrogens is 256 g/mol. The predicted molar refractivity (Wildman–Crippen MR) is 79.1 cm³/mol. The van der Waals surface area contributed by atoms with Gasteiger partial charge in [0.05, 0.1) is 12.6 Å². The Hall–Kier alpha value is -1.14. The molecular formula is C14H28N4O2. The summed E-state index contributed by atoms with van der Waals surface area (Å²) in [5.74, 6) is 0.104. The van der Waals surface area contributed by atoms with Crippen LogP contribution in [0.5, 0.6) is 0 Å². The summed E-state index contributed by atoms with van der Waals surface area (Å²) < 4.78 is 0. The van der Waals surface area contributed by atoms with Crippen molar-refractivity contribution in [1.82, 2.24) is 14.7 Å². The molecule has 0 unspecified atom stereocenters. The Balaban J connectivity index is 2.46. The number of amides is 2. The average molecular weight is 284 g/mol. The standard InChI is InChI=1S/C14H28N4O2/c1-14(2,3)12(15)13(20)18-8-6-17(7-9-18)10-11(19)16(4)5/h12H,6-10,15H2,1-5H3/t12-/m1/s1. The van der Waals surface area contributed by atoms with Crippen molar-refractivity contribution in [2.45, 2.75) is 26.8 Å². The van der Waals surface area contributed by atoms with Crippen LogP contribution >= 0.6 is 0 Å². The van der Waals surface area contributed by atoms with E-state index in [4.69, 9.17) is 5.73 Å². The number of hydrogen-bond acceptors (Lipinski definition) is 4. The highest BCUT2D eigenvalue weighted by Crippen LogP contribution is 2.19. The molecule has 6 heteroatoms. The Labute approximate surface area is 121 Å². The Morgan fingerprint density at radius 2 is 1.65 bits per heavy atom. The van der Waals surface area contributed by atoms with E-state index in [0.29, 0.717) is 19.6 Å². The third kappa shape index (κ3) is 4.45. The van der Waals surface area contributed by atoms with E-state index in [9.17, 15) is 9.59 Å². The molecule has 20 heavy (non-hydrogen) atoms. The van der Waals surface area contributed by atoms with E-state index < -0.39 is 6.04 Å². The molecule has 1 fully saturated rings. The molecule has 0 radical (unpaired) electrons. The first-order valence-electron chi connectivity index (χ1n) is 7.10. The fourth-order valence-corrected chi connectivity index (χ4v) is 2.03. The van der Waals surface area contributed by atoms with E-state index in [1.54, 1.807) is 19.0 Å². The van der Waals surface area contributed by atoms with Crippen LogP contribution in [0.4, 0.5) is 0 Å². The number of rotatable bonds is 3. The number of carbonyl (C=O) groups is 2. The van der Waals surface area contributed by atoms with E-state index in [-0.39, 0.29) is 17.2 Å². The lowest BCUT2D eigenvalue weighted by Gasteiger charge is -2.38. The van der Waals surface area contributed by atoms with Gasteiger partial charge in [0.25, 0.3) is 0 Å². The van der Waals surface area contributed by atoms with Crippen molar-refractivity contribution in [3.05, 3.63) is 0 Å². The first-order valence-corrected chi connectivity index (χ1v) is 7.10. The largest absolute Gasteiger partial charge is 0.348 e. The second kappa shape index (κ2) is 6.54. The fraction of sp³-hybridized carbons (Fsp3) is 0.857. The Kier molecular flexibility index (Phi) is 5.53. The normalized spacial score (nSPS) is 18.8. The summed E-state index contributed by atoms with van der Waals surface area (Å²) in [5.41, 5.74) is 5.79. The zero-order chi connectivity index (χ0) is 15.5.